The monoisotopic (exact) mass is 342 g/mol. The summed E-state index contributed by atoms with van der Waals surface area (Å²) < 4.78 is 26.0. The molecule has 0 radical (unpaired) electrons. The molecule has 0 saturated carbocycles. The van der Waals surface area contributed by atoms with Gasteiger partial charge in [0.25, 0.3) is 10.0 Å². The molecular formula is C12H11ClN4O2S2. The summed E-state index contributed by atoms with van der Waals surface area (Å²) in [7, 11) is -3.48. The Kier molecular flexibility index (Phi) is 3.46. The molecule has 3 aromatic rings. The number of thiophene rings is 1. The summed E-state index contributed by atoms with van der Waals surface area (Å²) in [5, 5.41) is 5.39. The second-order valence-electron chi connectivity index (χ2n) is 4.67. The number of fused-ring (bicyclic) bond motifs is 1. The Morgan fingerprint density at radius 3 is 2.81 bits per heavy atom. The van der Waals surface area contributed by atoms with Gasteiger partial charge < -0.3 is 0 Å². The van der Waals surface area contributed by atoms with Crippen molar-refractivity contribution in [3.63, 3.8) is 0 Å². The second-order valence-corrected chi connectivity index (χ2v) is 8.27. The molecule has 0 aliphatic heterocycles. The Hall–Kier alpha value is -1.51. The van der Waals surface area contributed by atoms with Crippen molar-refractivity contribution in [2.75, 3.05) is 0 Å². The summed E-state index contributed by atoms with van der Waals surface area (Å²) >= 11 is 7.39. The van der Waals surface area contributed by atoms with E-state index in [1.807, 2.05) is 11.4 Å². The molecule has 0 fully saturated rings. The smallest absolute Gasteiger partial charge is 0.217 e. The molecule has 6 nitrogen and oxygen atoms in total. The number of rotatable bonds is 3. The van der Waals surface area contributed by atoms with Crippen molar-refractivity contribution in [3.8, 4) is 11.3 Å². The highest BCUT2D eigenvalue weighted by molar-refractivity contribution is 7.90. The van der Waals surface area contributed by atoms with Crippen molar-refractivity contribution in [1.29, 1.82) is 0 Å². The Morgan fingerprint density at radius 2 is 2.10 bits per heavy atom. The number of hydrogen-bond donors (Lipinski definition) is 0. The maximum atomic E-state index is 12.1. The minimum Gasteiger partial charge on any atom is -0.217 e. The van der Waals surface area contributed by atoms with E-state index >= 15 is 0 Å². The highest BCUT2D eigenvalue weighted by Crippen LogP contribution is 2.31. The van der Waals surface area contributed by atoms with E-state index in [0.29, 0.717) is 11.3 Å². The van der Waals surface area contributed by atoms with Crippen LogP contribution < -0.4 is 0 Å². The molecule has 0 aromatic carbocycles. The number of hydrogen-bond acceptors (Lipinski definition) is 6. The Morgan fingerprint density at radius 1 is 1.33 bits per heavy atom. The van der Waals surface area contributed by atoms with Gasteiger partial charge in [-0.1, -0.05) is 0 Å². The molecule has 0 aliphatic rings. The molecule has 3 heterocycles. The molecule has 0 atom stereocenters. The van der Waals surface area contributed by atoms with Crippen LogP contribution in [0.25, 0.3) is 21.5 Å². The van der Waals surface area contributed by atoms with Crippen LogP contribution in [0.5, 0.6) is 0 Å². The van der Waals surface area contributed by atoms with Crippen LogP contribution in [-0.2, 0) is 10.0 Å². The Balaban J connectivity index is 2.17. The minimum absolute atomic E-state index is 0.121. The van der Waals surface area contributed by atoms with Gasteiger partial charge in [-0.2, -0.15) is 9.19 Å². The van der Waals surface area contributed by atoms with Crippen molar-refractivity contribution < 1.29 is 8.42 Å². The van der Waals surface area contributed by atoms with E-state index in [1.54, 1.807) is 13.8 Å². The molecule has 0 saturated heterocycles. The predicted molar refractivity (Wildman–Crippen MR) is 83.1 cm³/mol. The molecule has 0 aliphatic carbocycles. The maximum Gasteiger partial charge on any atom is 0.256 e. The lowest BCUT2D eigenvalue weighted by Crippen LogP contribution is -2.22. The van der Waals surface area contributed by atoms with Gasteiger partial charge >= 0.3 is 0 Å². The van der Waals surface area contributed by atoms with Gasteiger partial charge in [-0.3, -0.25) is 0 Å². The summed E-state index contributed by atoms with van der Waals surface area (Å²) in [5.74, 6) is 0. The molecule has 3 aromatic heterocycles. The second kappa shape index (κ2) is 5.04. The molecular weight excluding hydrogens is 332 g/mol. The normalized spacial score (nSPS) is 12.4. The minimum atomic E-state index is -3.48. The van der Waals surface area contributed by atoms with Crippen LogP contribution in [0.3, 0.4) is 0 Å². The first-order valence-corrected chi connectivity index (χ1v) is 8.86. The van der Waals surface area contributed by atoms with Crippen LogP contribution in [0.2, 0.25) is 5.28 Å². The highest BCUT2D eigenvalue weighted by atomic mass is 35.5. The van der Waals surface area contributed by atoms with E-state index in [-0.39, 0.29) is 5.28 Å². The van der Waals surface area contributed by atoms with E-state index < -0.39 is 15.3 Å². The zero-order valence-corrected chi connectivity index (χ0v) is 13.6. The van der Waals surface area contributed by atoms with E-state index in [1.165, 1.54) is 23.7 Å². The fourth-order valence-electron chi connectivity index (χ4n) is 1.81. The van der Waals surface area contributed by atoms with Gasteiger partial charge in [-0.15, -0.1) is 11.3 Å². The fraction of sp³-hybridized carbons (Fsp3) is 0.250. The van der Waals surface area contributed by atoms with Gasteiger partial charge in [0.05, 0.1) is 33.6 Å². The topological polar surface area (TPSA) is 77.7 Å². The predicted octanol–water partition coefficient (Wildman–Crippen LogP) is 2.79. The van der Waals surface area contributed by atoms with Crippen molar-refractivity contribution in [3.05, 3.63) is 29.1 Å². The average molecular weight is 343 g/mol. The number of aromatic nitrogens is 4. The summed E-state index contributed by atoms with van der Waals surface area (Å²) in [6.45, 7) is 3.21. The van der Waals surface area contributed by atoms with Crippen LogP contribution in [0.1, 0.15) is 13.8 Å². The Labute approximate surface area is 130 Å². The first-order valence-electron chi connectivity index (χ1n) is 6.10. The third-order valence-electron chi connectivity index (χ3n) is 2.97. The Bertz CT molecular complexity index is 914. The van der Waals surface area contributed by atoms with E-state index in [0.717, 1.165) is 14.3 Å². The number of nitrogens with zero attached hydrogens (tertiary/aromatic N) is 4. The van der Waals surface area contributed by atoms with Crippen molar-refractivity contribution in [2.45, 2.75) is 19.1 Å². The quantitative estimate of drug-likeness (QED) is 0.684. The standard InChI is InChI=1S/C12H11ClN4O2S2/c1-7(2)21(18,19)17-6-8(5-14-17)10-11-9(3-4-20-11)15-12(13)16-10/h3-7H,1-2H3. The number of halogens is 1. The molecule has 0 N–H and O–H groups in total. The zero-order valence-electron chi connectivity index (χ0n) is 11.2. The van der Waals surface area contributed by atoms with Gasteiger partial charge in [-0.25, -0.2) is 18.4 Å². The van der Waals surface area contributed by atoms with Crippen LogP contribution in [0, 0.1) is 0 Å². The molecule has 0 bridgehead atoms. The molecule has 21 heavy (non-hydrogen) atoms. The molecule has 9 heteroatoms. The van der Waals surface area contributed by atoms with Crippen LogP contribution in [0.15, 0.2) is 23.8 Å². The van der Waals surface area contributed by atoms with Gasteiger partial charge in [-0.05, 0) is 36.9 Å². The lowest BCUT2D eigenvalue weighted by atomic mass is 10.2. The molecule has 0 unspecified atom stereocenters. The zero-order chi connectivity index (χ0) is 15.2. The lowest BCUT2D eigenvalue weighted by Gasteiger charge is -2.06. The van der Waals surface area contributed by atoms with Gasteiger partial charge in [0.1, 0.15) is 0 Å². The largest absolute Gasteiger partial charge is 0.256 e. The third kappa shape index (κ3) is 2.43. The lowest BCUT2D eigenvalue weighted by molar-refractivity contribution is 0.571. The first-order chi connectivity index (χ1) is 9.89. The summed E-state index contributed by atoms with van der Waals surface area (Å²) in [6, 6.07) is 1.84. The molecule has 0 spiro atoms. The van der Waals surface area contributed by atoms with E-state index in [2.05, 4.69) is 15.1 Å². The van der Waals surface area contributed by atoms with Crippen LogP contribution >= 0.6 is 22.9 Å². The first kappa shape index (κ1) is 14.4. The summed E-state index contributed by atoms with van der Waals surface area (Å²) in [4.78, 5) is 8.33. The summed E-state index contributed by atoms with van der Waals surface area (Å²) in [5.41, 5.74) is 1.91. The summed E-state index contributed by atoms with van der Waals surface area (Å²) in [6.07, 6.45) is 2.92. The average Bonchev–Trinajstić information content (AvgIpc) is 3.06. The van der Waals surface area contributed by atoms with Gasteiger partial charge in [0.15, 0.2) is 0 Å². The van der Waals surface area contributed by atoms with E-state index in [9.17, 15) is 8.42 Å². The van der Waals surface area contributed by atoms with Gasteiger partial charge in [0, 0.05) is 5.56 Å². The SMILES string of the molecule is CC(C)S(=O)(=O)n1cc(-c2nc(Cl)nc3ccsc23)cn1. The fourth-order valence-corrected chi connectivity index (χ4v) is 3.70. The highest BCUT2D eigenvalue weighted by Gasteiger charge is 2.21. The van der Waals surface area contributed by atoms with Crippen molar-refractivity contribution in [1.82, 2.24) is 19.2 Å². The molecule has 110 valence electrons. The maximum absolute atomic E-state index is 12.1. The van der Waals surface area contributed by atoms with Crippen molar-refractivity contribution in [2.24, 2.45) is 0 Å². The molecule has 0 amide bonds. The van der Waals surface area contributed by atoms with Gasteiger partial charge in [0.2, 0.25) is 5.28 Å². The van der Waals surface area contributed by atoms with Crippen molar-refractivity contribution >= 4 is 43.2 Å². The van der Waals surface area contributed by atoms with Crippen LogP contribution in [-0.4, -0.2) is 32.8 Å². The van der Waals surface area contributed by atoms with Crippen LogP contribution in [0.4, 0.5) is 0 Å². The molecule has 3 rings (SSSR count). The van der Waals surface area contributed by atoms with E-state index in [4.69, 9.17) is 11.6 Å². The third-order valence-corrected chi connectivity index (χ3v) is 5.96.